The van der Waals surface area contributed by atoms with Crippen molar-refractivity contribution < 1.29 is 19.1 Å². The van der Waals surface area contributed by atoms with Crippen LogP contribution in [0.5, 0.6) is 5.75 Å². The molecule has 0 aliphatic heterocycles. The zero-order chi connectivity index (χ0) is 13.5. The van der Waals surface area contributed by atoms with E-state index in [0.29, 0.717) is 17.9 Å². The van der Waals surface area contributed by atoms with Crippen molar-refractivity contribution in [2.24, 2.45) is 5.92 Å². The molecule has 5 heteroatoms. The highest BCUT2D eigenvalue weighted by molar-refractivity contribution is 6.67. The first-order valence-electron chi connectivity index (χ1n) is 5.64. The first-order valence-corrected chi connectivity index (χ1v) is 6.01. The Balaban J connectivity index is 2.48. The third-order valence-corrected chi connectivity index (χ3v) is 2.49. The summed E-state index contributed by atoms with van der Waals surface area (Å²) in [5, 5.41) is -0.513. The summed E-state index contributed by atoms with van der Waals surface area (Å²) in [5.41, 5.74) is 0.405. The lowest BCUT2D eigenvalue weighted by atomic mass is 10.2. The summed E-state index contributed by atoms with van der Waals surface area (Å²) in [6.45, 7) is 4.07. The second kappa shape index (κ2) is 7.01. The zero-order valence-corrected chi connectivity index (χ0v) is 11.1. The number of hydrogen-bond acceptors (Lipinski definition) is 4. The van der Waals surface area contributed by atoms with E-state index in [1.807, 2.05) is 0 Å². The van der Waals surface area contributed by atoms with Gasteiger partial charge in [-0.1, -0.05) is 0 Å². The number of esters is 1. The van der Waals surface area contributed by atoms with Crippen molar-refractivity contribution in [1.29, 1.82) is 0 Å². The van der Waals surface area contributed by atoms with Crippen LogP contribution in [0.1, 0.15) is 24.2 Å². The molecule has 0 radical (unpaired) electrons. The summed E-state index contributed by atoms with van der Waals surface area (Å²) >= 11 is 5.32. The van der Waals surface area contributed by atoms with Gasteiger partial charge in [0.1, 0.15) is 12.4 Å². The van der Waals surface area contributed by atoms with E-state index in [2.05, 4.69) is 0 Å². The van der Waals surface area contributed by atoms with Gasteiger partial charge in [0.25, 0.3) is 5.24 Å². The summed E-state index contributed by atoms with van der Waals surface area (Å²) < 4.78 is 10.3. The van der Waals surface area contributed by atoms with Crippen molar-refractivity contribution in [3.05, 3.63) is 29.8 Å². The van der Waals surface area contributed by atoms with Gasteiger partial charge in [0.05, 0.1) is 12.5 Å². The first-order chi connectivity index (χ1) is 8.54. The first kappa shape index (κ1) is 14.5. The molecule has 0 aromatic heterocycles. The Hall–Kier alpha value is -1.55. The number of benzene rings is 1. The third kappa shape index (κ3) is 4.37. The largest absolute Gasteiger partial charge is 0.493 e. The molecule has 98 valence electrons. The fourth-order valence-corrected chi connectivity index (χ4v) is 1.38. The molecule has 0 saturated carbocycles. The zero-order valence-electron chi connectivity index (χ0n) is 10.3. The van der Waals surface area contributed by atoms with Crippen molar-refractivity contribution in [3.8, 4) is 5.75 Å². The van der Waals surface area contributed by atoms with E-state index in [1.165, 1.54) is 0 Å². The lowest BCUT2D eigenvalue weighted by Gasteiger charge is -2.12. The second-order valence-electron chi connectivity index (χ2n) is 3.76. The van der Waals surface area contributed by atoms with Crippen LogP contribution in [0, 0.1) is 5.92 Å². The van der Waals surface area contributed by atoms with Gasteiger partial charge in [-0.3, -0.25) is 9.59 Å². The summed E-state index contributed by atoms with van der Waals surface area (Å²) in [4.78, 5) is 22.2. The summed E-state index contributed by atoms with van der Waals surface area (Å²) in [5.74, 6) is -0.0443. The summed E-state index contributed by atoms with van der Waals surface area (Å²) in [7, 11) is 0. The van der Waals surface area contributed by atoms with Crippen LogP contribution in [-0.4, -0.2) is 24.4 Å². The van der Waals surface area contributed by atoms with Gasteiger partial charge in [-0.2, -0.15) is 0 Å². The van der Waals surface area contributed by atoms with E-state index in [9.17, 15) is 9.59 Å². The quantitative estimate of drug-likeness (QED) is 0.589. The van der Waals surface area contributed by atoms with Crippen LogP contribution in [0.4, 0.5) is 0 Å². The molecule has 0 saturated heterocycles. The molecular weight excluding hydrogens is 256 g/mol. The molecule has 0 bridgehead atoms. The van der Waals surface area contributed by atoms with Gasteiger partial charge in [-0.05, 0) is 49.7 Å². The molecule has 1 rings (SSSR count). The van der Waals surface area contributed by atoms with Crippen LogP contribution in [0.15, 0.2) is 24.3 Å². The van der Waals surface area contributed by atoms with Gasteiger partial charge in [0.2, 0.25) is 0 Å². The van der Waals surface area contributed by atoms with Crippen molar-refractivity contribution in [2.75, 3.05) is 13.2 Å². The van der Waals surface area contributed by atoms with E-state index < -0.39 is 5.24 Å². The fraction of sp³-hybridized carbons (Fsp3) is 0.385. The van der Waals surface area contributed by atoms with E-state index in [1.54, 1.807) is 38.1 Å². The average Bonchev–Trinajstić information content (AvgIpc) is 2.36. The minimum atomic E-state index is -0.513. The van der Waals surface area contributed by atoms with Crippen LogP contribution in [0.2, 0.25) is 0 Å². The van der Waals surface area contributed by atoms with E-state index in [4.69, 9.17) is 21.1 Å². The molecule has 0 amide bonds. The normalized spacial score (nSPS) is 11.7. The van der Waals surface area contributed by atoms with E-state index in [0.717, 1.165) is 0 Å². The Morgan fingerprint density at radius 3 is 2.39 bits per heavy atom. The Morgan fingerprint density at radius 1 is 1.28 bits per heavy atom. The minimum absolute atomic E-state index is 0.229. The van der Waals surface area contributed by atoms with Crippen molar-refractivity contribution in [3.63, 3.8) is 0 Å². The van der Waals surface area contributed by atoms with Crippen LogP contribution in [0.3, 0.4) is 0 Å². The van der Waals surface area contributed by atoms with Gasteiger partial charge in [0.15, 0.2) is 0 Å². The molecule has 0 aliphatic rings. The smallest absolute Gasteiger partial charge is 0.312 e. The van der Waals surface area contributed by atoms with Gasteiger partial charge < -0.3 is 9.47 Å². The number of halogens is 1. The molecule has 1 unspecified atom stereocenters. The van der Waals surface area contributed by atoms with Crippen LogP contribution in [0.25, 0.3) is 0 Å². The predicted molar refractivity (Wildman–Crippen MR) is 67.9 cm³/mol. The Bertz CT molecular complexity index is 414. The minimum Gasteiger partial charge on any atom is -0.493 e. The van der Waals surface area contributed by atoms with Gasteiger partial charge in [-0.25, -0.2) is 0 Å². The maximum atomic E-state index is 11.3. The van der Waals surface area contributed by atoms with Crippen molar-refractivity contribution >= 4 is 22.8 Å². The summed E-state index contributed by atoms with van der Waals surface area (Å²) in [6, 6.07) is 6.40. The molecule has 0 N–H and O–H groups in total. The summed E-state index contributed by atoms with van der Waals surface area (Å²) in [6.07, 6.45) is 0. The number of rotatable bonds is 6. The molecule has 4 nitrogen and oxygen atoms in total. The number of carbonyl (C=O) groups is 2. The second-order valence-corrected chi connectivity index (χ2v) is 4.11. The van der Waals surface area contributed by atoms with Gasteiger partial charge in [0, 0.05) is 5.56 Å². The number of carbonyl (C=O) groups excluding carboxylic acids is 2. The van der Waals surface area contributed by atoms with Crippen molar-refractivity contribution in [2.45, 2.75) is 13.8 Å². The molecular formula is C13H15ClO4. The molecule has 1 aromatic carbocycles. The molecule has 0 fully saturated rings. The van der Waals surface area contributed by atoms with Crippen LogP contribution in [-0.2, 0) is 9.53 Å². The standard InChI is InChI=1S/C13H15ClO4/c1-3-17-13(16)9(2)8-18-11-6-4-10(5-7-11)12(14)15/h4-7,9H,3,8H2,1-2H3. The van der Waals surface area contributed by atoms with Crippen molar-refractivity contribution in [1.82, 2.24) is 0 Å². The van der Waals surface area contributed by atoms with Crippen LogP contribution < -0.4 is 4.74 Å². The molecule has 1 aromatic rings. The number of ether oxygens (including phenoxy) is 2. The highest BCUT2D eigenvalue weighted by Gasteiger charge is 2.14. The maximum absolute atomic E-state index is 11.3. The topological polar surface area (TPSA) is 52.6 Å². The third-order valence-electron chi connectivity index (χ3n) is 2.27. The SMILES string of the molecule is CCOC(=O)C(C)COc1ccc(C(=O)Cl)cc1. The molecule has 0 spiro atoms. The Kier molecular flexibility index (Phi) is 5.65. The number of hydrogen-bond donors (Lipinski definition) is 0. The Morgan fingerprint density at radius 2 is 1.89 bits per heavy atom. The lowest BCUT2D eigenvalue weighted by Crippen LogP contribution is -2.21. The maximum Gasteiger partial charge on any atom is 0.312 e. The van der Waals surface area contributed by atoms with Crippen LogP contribution >= 0.6 is 11.6 Å². The Labute approximate surface area is 111 Å². The van der Waals surface area contributed by atoms with Gasteiger partial charge >= 0.3 is 5.97 Å². The lowest BCUT2D eigenvalue weighted by molar-refractivity contribution is -0.148. The molecule has 0 heterocycles. The monoisotopic (exact) mass is 270 g/mol. The van der Waals surface area contributed by atoms with E-state index >= 15 is 0 Å². The van der Waals surface area contributed by atoms with E-state index in [-0.39, 0.29) is 18.5 Å². The highest BCUT2D eigenvalue weighted by Crippen LogP contribution is 2.14. The molecule has 0 aliphatic carbocycles. The van der Waals surface area contributed by atoms with Gasteiger partial charge in [-0.15, -0.1) is 0 Å². The predicted octanol–water partition coefficient (Wildman–Crippen LogP) is 2.64. The average molecular weight is 271 g/mol. The molecule has 18 heavy (non-hydrogen) atoms. The fourth-order valence-electron chi connectivity index (χ4n) is 1.26. The highest BCUT2D eigenvalue weighted by atomic mass is 35.5. The molecule has 1 atom stereocenters.